The van der Waals surface area contributed by atoms with Crippen LogP contribution in [0.2, 0.25) is 0 Å². The van der Waals surface area contributed by atoms with Gasteiger partial charge in [0.05, 0.1) is 23.9 Å². The summed E-state index contributed by atoms with van der Waals surface area (Å²) in [5.41, 5.74) is 0.872. The summed E-state index contributed by atoms with van der Waals surface area (Å²) < 4.78 is 40.2. The van der Waals surface area contributed by atoms with Crippen molar-refractivity contribution in [3.63, 3.8) is 0 Å². The first-order valence-corrected chi connectivity index (χ1v) is 14.9. The van der Waals surface area contributed by atoms with Crippen molar-refractivity contribution in [3.8, 4) is 5.75 Å². The van der Waals surface area contributed by atoms with E-state index in [1.165, 1.54) is 30.6 Å². The summed E-state index contributed by atoms with van der Waals surface area (Å²) in [6, 6.07) is 8.11. The number of carbonyl (C=O) groups excluding carboxylic acids is 1. The molecule has 9 nitrogen and oxygen atoms in total. The molecule has 3 N–H and O–H groups in total. The number of piperidine rings is 1. The predicted molar refractivity (Wildman–Crippen MR) is 154 cm³/mol. The number of rotatable bonds is 7. The Kier molecular flexibility index (Phi) is 10.5. The molecule has 1 aliphatic carbocycles. The number of para-hydroxylation sites is 1. The zero-order valence-electron chi connectivity index (χ0n) is 23.4. The highest BCUT2D eigenvalue weighted by atomic mass is 32.1. The number of carbonyl (C=O) groups is 2. The number of thiophene rings is 1. The van der Waals surface area contributed by atoms with Crippen LogP contribution in [0.15, 0.2) is 29.1 Å². The van der Waals surface area contributed by atoms with Crippen molar-refractivity contribution in [2.24, 2.45) is 5.92 Å². The van der Waals surface area contributed by atoms with E-state index in [1.807, 2.05) is 28.8 Å². The molecule has 3 aromatic rings. The van der Waals surface area contributed by atoms with Crippen molar-refractivity contribution in [3.05, 3.63) is 39.5 Å². The molecule has 1 aromatic carbocycles. The standard InChI is InChI=1S/C27H35N3O4S.C2HF3O2/c1-34-23-22-24(35-25(23)26(32)28-19-11-13-29(14-12-19)15-16-31)20-9-5-6-10-21(20)30(27(22)33)17-18-7-3-2-4-8-18;3-2(4,5)1(6)7/h5-6,9-10,18-19,31H,2-4,7-8,11-17H2,1H3,(H,28,32);(H,6,7). The Balaban J connectivity index is 0.000000517. The molecule has 42 heavy (non-hydrogen) atoms. The van der Waals surface area contributed by atoms with Gasteiger partial charge in [-0.25, -0.2) is 4.79 Å². The summed E-state index contributed by atoms with van der Waals surface area (Å²) in [4.78, 5) is 38.8. The number of halogens is 3. The van der Waals surface area contributed by atoms with Gasteiger partial charge in [-0.1, -0.05) is 37.5 Å². The maximum Gasteiger partial charge on any atom is 0.490 e. The second kappa shape index (κ2) is 13.9. The predicted octanol–water partition coefficient (Wildman–Crippen LogP) is 4.62. The minimum atomic E-state index is -5.08. The number of aromatic nitrogens is 1. The molecule has 0 unspecified atom stereocenters. The summed E-state index contributed by atoms with van der Waals surface area (Å²) in [6.45, 7) is 3.24. The second-order valence-corrected chi connectivity index (χ2v) is 11.7. The van der Waals surface area contributed by atoms with Gasteiger partial charge in [0.1, 0.15) is 10.3 Å². The van der Waals surface area contributed by atoms with E-state index in [4.69, 9.17) is 19.7 Å². The third-order valence-electron chi connectivity index (χ3n) is 7.92. The van der Waals surface area contributed by atoms with Crippen LogP contribution >= 0.6 is 11.3 Å². The second-order valence-electron chi connectivity index (χ2n) is 10.7. The Labute approximate surface area is 244 Å². The molecule has 3 heterocycles. The molecule has 1 saturated heterocycles. The molecule has 0 bridgehead atoms. The van der Waals surface area contributed by atoms with Gasteiger partial charge in [0, 0.05) is 37.6 Å². The number of β-amino-alcohol motifs (C(OH)–C–C–N with tert-alkyl or cyclic N) is 1. The molecule has 0 radical (unpaired) electrons. The number of hydrogen-bond donors (Lipinski definition) is 3. The number of hydrogen-bond acceptors (Lipinski definition) is 7. The van der Waals surface area contributed by atoms with Crippen molar-refractivity contribution < 1.29 is 37.7 Å². The molecule has 13 heteroatoms. The normalized spacial score (nSPS) is 17.2. The number of benzene rings is 1. The zero-order chi connectivity index (χ0) is 30.4. The van der Waals surface area contributed by atoms with Crippen molar-refractivity contribution in [1.29, 1.82) is 0 Å². The Morgan fingerprint density at radius 2 is 1.74 bits per heavy atom. The Morgan fingerprint density at radius 3 is 2.33 bits per heavy atom. The number of methoxy groups -OCH3 is 1. The van der Waals surface area contributed by atoms with Gasteiger partial charge in [-0.2, -0.15) is 13.2 Å². The number of aliphatic hydroxyl groups excluding tert-OH is 1. The van der Waals surface area contributed by atoms with E-state index in [1.54, 1.807) is 7.11 Å². The molecule has 230 valence electrons. The van der Waals surface area contributed by atoms with Crippen LogP contribution in [0.3, 0.4) is 0 Å². The fourth-order valence-electron chi connectivity index (χ4n) is 5.79. The van der Waals surface area contributed by atoms with Crippen LogP contribution < -0.4 is 15.6 Å². The first-order chi connectivity index (χ1) is 20.0. The van der Waals surface area contributed by atoms with Crippen LogP contribution in [0, 0.1) is 5.92 Å². The lowest BCUT2D eigenvalue weighted by atomic mass is 9.89. The van der Waals surface area contributed by atoms with Gasteiger partial charge in [0.15, 0.2) is 5.75 Å². The van der Waals surface area contributed by atoms with Crippen LogP contribution in [-0.4, -0.2) is 77.1 Å². The lowest BCUT2D eigenvalue weighted by molar-refractivity contribution is -0.192. The Morgan fingerprint density at radius 1 is 1.10 bits per heavy atom. The minimum absolute atomic E-state index is 0.0614. The quantitative estimate of drug-likeness (QED) is 0.357. The van der Waals surface area contributed by atoms with E-state index in [2.05, 4.69) is 10.2 Å². The van der Waals surface area contributed by atoms with E-state index < -0.39 is 12.1 Å². The van der Waals surface area contributed by atoms with Gasteiger partial charge >= 0.3 is 12.1 Å². The summed E-state index contributed by atoms with van der Waals surface area (Å²) in [7, 11) is 1.55. The minimum Gasteiger partial charge on any atom is -0.494 e. The van der Waals surface area contributed by atoms with Gasteiger partial charge in [0.25, 0.3) is 11.5 Å². The first-order valence-electron chi connectivity index (χ1n) is 14.1. The fourth-order valence-corrected chi connectivity index (χ4v) is 6.99. The SMILES string of the molecule is COc1c(C(=O)NC2CCN(CCO)CC2)sc2c1c(=O)n(CC1CCCCC1)c1ccccc21.O=C(O)C(F)(F)F. The number of pyridine rings is 1. The zero-order valence-corrected chi connectivity index (χ0v) is 24.2. The maximum absolute atomic E-state index is 13.9. The lowest BCUT2D eigenvalue weighted by Gasteiger charge is -2.31. The third-order valence-corrected chi connectivity index (χ3v) is 9.12. The number of nitrogens with one attached hydrogen (secondary N) is 1. The Hall–Kier alpha value is -3.16. The smallest absolute Gasteiger partial charge is 0.490 e. The number of carboxylic acids is 1. The highest BCUT2D eigenvalue weighted by Crippen LogP contribution is 2.40. The van der Waals surface area contributed by atoms with Crippen LogP contribution in [-0.2, 0) is 11.3 Å². The van der Waals surface area contributed by atoms with Gasteiger partial charge in [-0.3, -0.25) is 9.59 Å². The van der Waals surface area contributed by atoms with Crippen LogP contribution in [0.1, 0.15) is 54.6 Å². The summed E-state index contributed by atoms with van der Waals surface area (Å²) >= 11 is 1.36. The molecule has 1 saturated carbocycles. The van der Waals surface area contributed by atoms with E-state index >= 15 is 0 Å². The molecule has 1 amide bonds. The van der Waals surface area contributed by atoms with Gasteiger partial charge in [0.2, 0.25) is 0 Å². The number of ether oxygens (including phenoxy) is 1. The largest absolute Gasteiger partial charge is 0.494 e. The van der Waals surface area contributed by atoms with E-state index in [9.17, 15) is 22.8 Å². The average Bonchev–Trinajstić information content (AvgIpc) is 3.37. The highest BCUT2D eigenvalue weighted by molar-refractivity contribution is 7.22. The van der Waals surface area contributed by atoms with Gasteiger partial charge < -0.3 is 29.7 Å². The lowest BCUT2D eigenvalue weighted by Crippen LogP contribution is -2.45. The van der Waals surface area contributed by atoms with Crippen molar-refractivity contribution >= 4 is 44.2 Å². The van der Waals surface area contributed by atoms with Crippen molar-refractivity contribution in [1.82, 2.24) is 14.8 Å². The number of aliphatic hydroxyl groups is 1. The topological polar surface area (TPSA) is 121 Å². The van der Waals surface area contributed by atoms with E-state index in [0.29, 0.717) is 35.0 Å². The van der Waals surface area contributed by atoms with E-state index in [0.717, 1.165) is 54.4 Å². The fraction of sp³-hybridized carbons (Fsp3) is 0.552. The molecule has 1 aliphatic heterocycles. The third kappa shape index (κ3) is 7.24. The molecule has 0 spiro atoms. The molecule has 2 aromatic heterocycles. The monoisotopic (exact) mass is 611 g/mol. The van der Waals surface area contributed by atoms with Crippen LogP contribution in [0.5, 0.6) is 5.75 Å². The number of carboxylic acid groups (broad SMARTS) is 1. The van der Waals surface area contributed by atoms with Crippen molar-refractivity contribution in [2.45, 2.75) is 63.7 Å². The highest BCUT2D eigenvalue weighted by Gasteiger charge is 2.38. The van der Waals surface area contributed by atoms with Crippen LogP contribution in [0.25, 0.3) is 21.0 Å². The number of aliphatic carboxylic acids is 1. The van der Waals surface area contributed by atoms with E-state index in [-0.39, 0.29) is 24.1 Å². The first kappa shape index (κ1) is 31.8. The number of nitrogens with zero attached hydrogens (tertiary/aromatic N) is 2. The number of amides is 1. The van der Waals surface area contributed by atoms with Gasteiger partial charge in [-0.05, 0) is 37.7 Å². The molecule has 2 fully saturated rings. The molecule has 5 rings (SSSR count). The molecule has 0 atom stereocenters. The number of alkyl halides is 3. The number of likely N-dealkylation sites (tertiary alicyclic amines) is 1. The summed E-state index contributed by atoms with van der Waals surface area (Å²) in [6.07, 6.45) is 2.65. The molecular formula is C29H36F3N3O6S. The van der Waals surface area contributed by atoms with Crippen LogP contribution in [0.4, 0.5) is 13.2 Å². The average molecular weight is 612 g/mol. The molecule has 2 aliphatic rings. The van der Waals surface area contributed by atoms with Crippen molar-refractivity contribution in [2.75, 3.05) is 33.4 Å². The van der Waals surface area contributed by atoms with Gasteiger partial charge in [-0.15, -0.1) is 11.3 Å². The maximum atomic E-state index is 13.9. The summed E-state index contributed by atoms with van der Waals surface area (Å²) in [5, 5.41) is 21.0. The Bertz CT molecular complexity index is 1460. The number of fused-ring (bicyclic) bond motifs is 3. The molecular weight excluding hydrogens is 575 g/mol. The summed E-state index contributed by atoms with van der Waals surface area (Å²) in [5.74, 6) is -2.03.